The van der Waals surface area contributed by atoms with E-state index in [1.54, 1.807) is 29.1 Å². The molecule has 2 aromatic heterocycles. The zero-order chi connectivity index (χ0) is 21.5. The van der Waals surface area contributed by atoms with Gasteiger partial charge in [0.15, 0.2) is 5.82 Å². The molecule has 1 aliphatic carbocycles. The maximum absolute atomic E-state index is 12.5. The van der Waals surface area contributed by atoms with Crippen molar-refractivity contribution in [1.82, 2.24) is 19.1 Å². The Morgan fingerprint density at radius 3 is 2.63 bits per heavy atom. The van der Waals surface area contributed by atoms with Crippen LogP contribution in [0, 0.1) is 17.2 Å². The van der Waals surface area contributed by atoms with Gasteiger partial charge in [-0.15, -0.1) is 0 Å². The quantitative estimate of drug-likeness (QED) is 0.646. The topological polar surface area (TPSA) is 124 Å². The summed E-state index contributed by atoms with van der Waals surface area (Å²) >= 11 is 0. The molecule has 0 saturated heterocycles. The number of sulfonamides is 1. The van der Waals surface area contributed by atoms with Crippen LogP contribution in [0.2, 0.25) is 0 Å². The molecule has 0 spiro atoms. The van der Waals surface area contributed by atoms with Gasteiger partial charge >= 0.3 is 0 Å². The van der Waals surface area contributed by atoms with Gasteiger partial charge in [-0.2, -0.15) is 10.4 Å². The highest BCUT2D eigenvalue weighted by molar-refractivity contribution is 7.89. The van der Waals surface area contributed by atoms with Crippen molar-refractivity contribution in [2.45, 2.75) is 30.2 Å². The lowest BCUT2D eigenvalue weighted by Crippen LogP contribution is -2.22. The molecule has 1 aliphatic rings. The Labute approximate surface area is 174 Å². The predicted octanol–water partition coefficient (Wildman–Crippen LogP) is 2.58. The predicted molar refractivity (Wildman–Crippen MR) is 113 cm³/mol. The van der Waals surface area contributed by atoms with Crippen molar-refractivity contribution < 1.29 is 8.42 Å². The fraction of sp³-hybridized carbons (Fsp3) is 0.350. The monoisotopic (exact) mass is 426 g/mol. The molecule has 3 aromatic rings. The second kappa shape index (κ2) is 7.59. The smallest absolute Gasteiger partial charge is 0.261 e. The van der Waals surface area contributed by atoms with Crippen LogP contribution < -0.4 is 10.9 Å². The molecule has 0 bridgehead atoms. The number of nitrogens with zero attached hydrogens (tertiary/aromatic N) is 4. The van der Waals surface area contributed by atoms with Gasteiger partial charge in [-0.3, -0.25) is 9.48 Å². The first-order valence-corrected chi connectivity index (χ1v) is 11.1. The zero-order valence-electron chi connectivity index (χ0n) is 16.7. The number of aromatic amines is 1. The van der Waals surface area contributed by atoms with Crippen LogP contribution in [0.5, 0.6) is 0 Å². The van der Waals surface area contributed by atoms with Gasteiger partial charge in [0, 0.05) is 26.0 Å². The molecule has 10 heteroatoms. The maximum atomic E-state index is 12.5. The Balaban J connectivity index is 1.74. The van der Waals surface area contributed by atoms with Crippen LogP contribution in [-0.4, -0.2) is 41.6 Å². The molecule has 9 nitrogen and oxygen atoms in total. The fourth-order valence-electron chi connectivity index (χ4n) is 3.88. The zero-order valence-corrected chi connectivity index (χ0v) is 17.5. The maximum Gasteiger partial charge on any atom is 0.261 e. The molecular formula is C20H22N6O3S. The largest absolute Gasteiger partial charge is 0.338 e. The Kier molecular flexibility index (Phi) is 5.09. The van der Waals surface area contributed by atoms with Crippen LogP contribution in [0.3, 0.4) is 0 Å². The van der Waals surface area contributed by atoms with Crippen molar-refractivity contribution in [3.05, 3.63) is 46.9 Å². The summed E-state index contributed by atoms with van der Waals surface area (Å²) in [6, 6.07) is 10.3. The number of fused-ring (bicyclic) bond motifs is 1. The number of hydrogen-bond acceptors (Lipinski definition) is 6. The SMILES string of the molecule is CN(C)S(=O)(=O)c1ccc(Nc2nn(C3CCCC3C#N)c3cc[nH]c(=O)c23)cc1. The fourth-order valence-corrected chi connectivity index (χ4v) is 4.78. The minimum atomic E-state index is -3.52. The number of hydrogen-bond donors (Lipinski definition) is 2. The molecule has 2 N–H and O–H groups in total. The van der Waals surface area contributed by atoms with E-state index in [1.165, 1.54) is 26.2 Å². The van der Waals surface area contributed by atoms with E-state index >= 15 is 0 Å². The van der Waals surface area contributed by atoms with Gasteiger partial charge in [0.25, 0.3) is 5.56 Å². The first kappa shape index (κ1) is 20.1. The molecule has 4 rings (SSSR count). The molecule has 1 aromatic carbocycles. The van der Waals surface area contributed by atoms with E-state index in [-0.39, 0.29) is 22.4 Å². The van der Waals surface area contributed by atoms with Crippen LogP contribution in [0.15, 0.2) is 46.2 Å². The molecule has 1 saturated carbocycles. The summed E-state index contributed by atoms with van der Waals surface area (Å²) in [7, 11) is -0.571. The number of pyridine rings is 1. The number of H-pyrrole nitrogens is 1. The summed E-state index contributed by atoms with van der Waals surface area (Å²) in [5, 5.41) is 17.6. The van der Waals surface area contributed by atoms with Gasteiger partial charge in [-0.25, -0.2) is 12.7 Å². The van der Waals surface area contributed by atoms with Gasteiger partial charge in [-0.1, -0.05) is 0 Å². The summed E-state index contributed by atoms with van der Waals surface area (Å²) in [5.41, 5.74) is 0.991. The van der Waals surface area contributed by atoms with Crippen molar-refractivity contribution in [3.8, 4) is 6.07 Å². The lowest BCUT2D eigenvalue weighted by Gasteiger charge is -2.15. The van der Waals surface area contributed by atoms with Crippen LogP contribution in [-0.2, 0) is 10.0 Å². The summed E-state index contributed by atoms with van der Waals surface area (Å²) in [6.45, 7) is 0. The molecule has 2 heterocycles. The molecule has 1 fully saturated rings. The van der Waals surface area contributed by atoms with E-state index in [9.17, 15) is 18.5 Å². The van der Waals surface area contributed by atoms with Gasteiger partial charge in [0.05, 0.1) is 28.4 Å². The molecular weight excluding hydrogens is 404 g/mol. The van der Waals surface area contributed by atoms with E-state index in [4.69, 9.17) is 0 Å². The van der Waals surface area contributed by atoms with E-state index in [0.29, 0.717) is 22.4 Å². The summed E-state index contributed by atoms with van der Waals surface area (Å²) < 4.78 is 27.4. The van der Waals surface area contributed by atoms with Crippen LogP contribution in [0.1, 0.15) is 25.3 Å². The summed E-state index contributed by atoms with van der Waals surface area (Å²) in [4.78, 5) is 15.4. The Hall–Kier alpha value is -3.16. The molecule has 0 amide bonds. The number of benzene rings is 1. The lowest BCUT2D eigenvalue weighted by molar-refractivity contribution is 0.423. The van der Waals surface area contributed by atoms with E-state index in [0.717, 1.165) is 23.6 Å². The lowest BCUT2D eigenvalue weighted by atomic mass is 10.1. The molecule has 2 atom stereocenters. The Morgan fingerprint density at radius 1 is 1.23 bits per heavy atom. The highest BCUT2D eigenvalue weighted by Crippen LogP contribution is 2.38. The normalized spacial score (nSPS) is 19.3. The first-order chi connectivity index (χ1) is 14.3. The standard InChI is InChI=1S/C20H22N6O3S/c1-25(2)30(28,29)15-8-6-14(7-9-15)23-19-18-17(10-11-22-20(18)27)26(24-19)16-5-3-4-13(16)12-21/h6-11,13,16H,3-5H2,1-2H3,(H,22,27)(H,23,24). The highest BCUT2D eigenvalue weighted by Gasteiger charge is 2.31. The minimum absolute atomic E-state index is 0.0811. The van der Waals surface area contributed by atoms with Crippen molar-refractivity contribution in [1.29, 1.82) is 5.26 Å². The van der Waals surface area contributed by atoms with Crippen LogP contribution >= 0.6 is 0 Å². The van der Waals surface area contributed by atoms with Crippen molar-refractivity contribution in [2.24, 2.45) is 5.92 Å². The third-order valence-electron chi connectivity index (χ3n) is 5.49. The third kappa shape index (κ3) is 3.36. The third-order valence-corrected chi connectivity index (χ3v) is 7.31. The number of aromatic nitrogens is 3. The molecule has 156 valence electrons. The Bertz CT molecular complexity index is 1280. The van der Waals surface area contributed by atoms with Crippen LogP contribution in [0.25, 0.3) is 10.9 Å². The number of nitriles is 1. The minimum Gasteiger partial charge on any atom is -0.338 e. The van der Waals surface area contributed by atoms with E-state index in [1.807, 2.05) is 0 Å². The average molecular weight is 427 g/mol. The number of rotatable bonds is 5. The van der Waals surface area contributed by atoms with Gasteiger partial charge in [-0.05, 0) is 49.6 Å². The number of nitrogens with one attached hydrogen (secondary N) is 2. The van der Waals surface area contributed by atoms with E-state index < -0.39 is 10.0 Å². The second-order valence-corrected chi connectivity index (χ2v) is 9.68. The van der Waals surface area contributed by atoms with Crippen molar-refractivity contribution >= 4 is 32.4 Å². The van der Waals surface area contributed by atoms with E-state index in [2.05, 4.69) is 21.5 Å². The first-order valence-electron chi connectivity index (χ1n) is 9.62. The number of anilines is 2. The van der Waals surface area contributed by atoms with Gasteiger partial charge in [0.2, 0.25) is 10.0 Å². The van der Waals surface area contributed by atoms with Gasteiger partial charge < -0.3 is 10.3 Å². The summed E-state index contributed by atoms with van der Waals surface area (Å²) in [6.07, 6.45) is 4.16. The molecule has 30 heavy (non-hydrogen) atoms. The second-order valence-electron chi connectivity index (χ2n) is 7.53. The average Bonchev–Trinajstić information content (AvgIpc) is 3.33. The van der Waals surface area contributed by atoms with Gasteiger partial charge in [0.1, 0.15) is 5.39 Å². The van der Waals surface area contributed by atoms with Crippen molar-refractivity contribution in [3.63, 3.8) is 0 Å². The summed E-state index contributed by atoms with van der Waals surface area (Å²) in [5.74, 6) is 0.231. The Morgan fingerprint density at radius 2 is 1.97 bits per heavy atom. The van der Waals surface area contributed by atoms with Crippen molar-refractivity contribution in [2.75, 3.05) is 19.4 Å². The molecule has 0 radical (unpaired) electrons. The highest BCUT2D eigenvalue weighted by atomic mass is 32.2. The molecule has 0 aliphatic heterocycles. The molecule has 2 unspecified atom stereocenters. The van der Waals surface area contributed by atoms with Crippen LogP contribution in [0.4, 0.5) is 11.5 Å².